The number of aromatic nitrogens is 5. The molecule has 0 aliphatic rings. The first kappa shape index (κ1) is 13.7. The van der Waals surface area contributed by atoms with Crippen LogP contribution in [0.4, 0.5) is 0 Å². The summed E-state index contributed by atoms with van der Waals surface area (Å²) in [7, 11) is 0. The van der Waals surface area contributed by atoms with E-state index in [9.17, 15) is 0 Å². The minimum atomic E-state index is 0.383. The zero-order valence-corrected chi connectivity index (χ0v) is 12.6. The largest absolute Gasteiger partial charge is 0.282 e. The number of hydrogen-bond acceptors (Lipinski definition) is 4. The molecule has 0 aliphatic carbocycles. The molecule has 0 unspecified atom stereocenters. The number of H-pyrrole nitrogens is 2. The molecule has 8 heteroatoms. The first-order chi connectivity index (χ1) is 10.1. The molecule has 106 valence electrons. The summed E-state index contributed by atoms with van der Waals surface area (Å²) in [5.41, 5.74) is 2.39. The Labute approximate surface area is 130 Å². The average molecular weight is 319 g/mol. The van der Waals surface area contributed by atoms with E-state index in [1.165, 1.54) is 4.68 Å². The van der Waals surface area contributed by atoms with Crippen LogP contribution in [0.25, 0.3) is 11.5 Å². The summed E-state index contributed by atoms with van der Waals surface area (Å²) in [6, 6.07) is 9.29. The van der Waals surface area contributed by atoms with Crippen molar-refractivity contribution in [2.75, 3.05) is 0 Å². The van der Waals surface area contributed by atoms with Crippen molar-refractivity contribution in [1.82, 2.24) is 25.1 Å². The van der Waals surface area contributed by atoms with E-state index in [1.54, 1.807) is 12.3 Å². The molecule has 1 aromatic carbocycles. The zero-order valence-electron chi connectivity index (χ0n) is 11.0. The molecular formula is C13H11ClN6S. The van der Waals surface area contributed by atoms with Gasteiger partial charge in [-0.1, -0.05) is 29.8 Å². The Morgan fingerprint density at radius 1 is 1.29 bits per heavy atom. The maximum atomic E-state index is 6.10. The maximum Gasteiger partial charge on any atom is 0.216 e. The van der Waals surface area contributed by atoms with Gasteiger partial charge in [-0.15, -0.1) is 0 Å². The van der Waals surface area contributed by atoms with Crippen LogP contribution in [-0.2, 0) is 0 Å². The Bertz CT molecular complexity index is 859. The van der Waals surface area contributed by atoms with Crippen molar-refractivity contribution in [3.8, 4) is 11.5 Å². The number of hydrogen-bond donors (Lipinski definition) is 2. The summed E-state index contributed by atoms with van der Waals surface area (Å²) in [6.45, 7) is 1.91. The van der Waals surface area contributed by atoms with Gasteiger partial charge >= 0.3 is 0 Å². The highest BCUT2D eigenvalue weighted by Crippen LogP contribution is 2.16. The lowest BCUT2D eigenvalue weighted by Gasteiger charge is -1.98. The van der Waals surface area contributed by atoms with Gasteiger partial charge in [-0.25, -0.2) is 5.10 Å². The minimum absolute atomic E-state index is 0.383. The third kappa shape index (κ3) is 2.79. The SMILES string of the molecule is Cc1cc(-c2n[nH]c(=S)n2/N=C/c2ccccc2Cl)n[nH]1. The van der Waals surface area contributed by atoms with Crippen LogP contribution in [-0.4, -0.2) is 31.3 Å². The van der Waals surface area contributed by atoms with Gasteiger partial charge in [-0.05, 0) is 31.3 Å². The smallest absolute Gasteiger partial charge is 0.216 e. The van der Waals surface area contributed by atoms with Crippen molar-refractivity contribution < 1.29 is 0 Å². The average Bonchev–Trinajstić information content (AvgIpc) is 3.04. The van der Waals surface area contributed by atoms with E-state index in [0.717, 1.165) is 11.3 Å². The third-order valence-electron chi connectivity index (χ3n) is 2.80. The molecule has 6 nitrogen and oxygen atoms in total. The molecule has 3 rings (SSSR count). The summed E-state index contributed by atoms with van der Waals surface area (Å²) in [5, 5.41) is 18.8. The molecule has 0 saturated carbocycles. The Hall–Kier alpha value is -2.25. The number of nitrogens with zero attached hydrogens (tertiary/aromatic N) is 4. The fraction of sp³-hybridized carbons (Fsp3) is 0.0769. The minimum Gasteiger partial charge on any atom is -0.282 e. The molecule has 2 aromatic heterocycles. The Kier molecular flexibility index (Phi) is 3.68. The Balaban J connectivity index is 2.02. The highest BCUT2D eigenvalue weighted by Gasteiger charge is 2.11. The first-order valence-corrected chi connectivity index (χ1v) is 6.92. The summed E-state index contributed by atoms with van der Waals surface area (Å²) < 4.78 is 1.89. The number of halogens is 1. The van der Waals surface area contributed by atoms with Gasteiger partial charge in [0.2, 0.25) is 10.6 Å². The van der Waals surface area contributed by atoms with Crippen LogP contribution < -0.4 is 0 Å². The van der Waals surface area contributed by atoms with Gasteiger partial charge in [0.05, 0.1) is 6.21 Å². The molecule has 0 fully saturated rings. The van der Waals surface area contributed by atoms with Crippen molar-refractivity contribution in [2.24, 2.45) is 5.10 Å². The van der Waals surface area contributed by atoms with Gasteiger partial charge in [-0.2, -0.15) is 20.0 Å². The van der Waals surface area contributed by atoms with Crippen LogP contribution >= 0.6 is 23.8 Å². The number of nitrogens with one attached hydrogen (secondary N) is 2. The normalized spacial score (nSPS) is 11.3. The summed E-state index contributed by atoms with van der Waals surface area (Å²) in [6.07, 6.45) is 1.64. The molecule has 0 amide bonds. The Morgan fingerprint density at radius 2 is 2.10 bits per heavy atom. The van der Waals surface area contributed by atoms with Crippen molar-refractivity contribution in [3.05, 3.63) is 51.4 Å². The lowest BCUT2D eigenvalue weighted by Crippen LogP contribution is -1.95. The molecule has 0 aliphatic heterocycles. The van der Waals surface area contributed by atoms with E-state index in [2.05, 4.69) is 25.5 Å². The van der Waals surface area contributed by atoms with E-state index < -0.39 is 0 Å². The van der Waals surface area contributed by atoms with Crippen molar-refractivity contribution in [1.29, 1.82) is 0 Å². The molecule has 0 spiro atoms. The molecule has 0 saturated heterocycles. The molecule has 0 radical (unpaired) electrons. The van der Waals surface area contributed by atoms with Gasteiger partial charge < -0.3 is 0 Å². The van der Waals surface area contributed by atoms with Crippen LogP contribution in [0.2, 0.25) is 5.02 Å². The summed E-state index contributed by atoms with van der Waals surface area (Å²) >= 11 is 11.3. The topological polar surface area (TPSA) is 74.7 Å². The number of aryl methyl sites for hydroxylation is 1. The van der Waals surface area contributed by atoms with Gasteiger partial charge in [0.15, 0.2) is 0 Å². The van der Waals surface area contributed by atoms with Crippen LogP contribution in [0.3, 0.4) is 0 Å². The molecule has 3 aromatic rings. The second kappa shape index (κ2) is 5.63. The van der Waals surface area contributed by atoms with E-state index in [1.807, 2.05) is 31.2 Å². The zero-order chi connectivity index (χ0) is 14.8. The lowest BCUT2D eigenvalue weighted by atomic mass is 10.2. The van der Waals surface area contributed by atoms with E-state index in [-0.39, 0.29) is 0 Å². The van der Waals surface area contributed by atoms with Gasteiger partial charge in [0, 0.05) is 16.3 Å². The number of rotatable bonds is 3. The quantitative estimate of drug-likeness (QED) is 0.575. The van der Waals surface area contributed by atoms with Gasteiger partial charge in [0.1, 0.15) is 5.69 Å². The summed E-state index contributed by atoms with van der Waals surface area (Å²) in [4.78, 5) is 0. The molecular weight excluding hydrogens is 308 g/mol. The van der Waals surface area contributed by atoms with E-state index >= 15 is 0 Å². The molecule has 0 atom stereocenters. The van der Waals surface area contributed by atoms with Crippen molar-refractivity contribution in [2.45, 2.75) is 6.92 Å². The van der Waals surface area contributed by atoms with Crippen molar-refractivity contribution in [3.63, 3.8) is 0 Å². The number of aromatic amines is 2. The van der Waals surface area contributed by atoms with Crippen molar-refractivity contribution >= 4 is 30.0 Å². The third-order valence-corrected chi connectivity index (χ3v) is 3.41. The summed E-state index contributed by atoms with van der Waals surface area (Å²) in [5.74, 6) is 0.535. The number of benzene rings is 1. The highest BCUT2D eigenvalue weighted by atomic mass is 35.5. The molecule has 0 bridgehead atoms. The fourth-order valence-corrected chi connectivity index (χ4v) is 2.16. The molecule has 2 heterocycles. The van der Waals surface area contributed by atoms with Gasteiger partial charge in [-0.3, -0.25) is 5.10 Å². The standard InChI is InChI=1S/C13H11ClN6S/c1-8-6-11(17-16-8)12-18-19-13(21)20(12)15-7-9-4-2-3-5-10(9)14/h2-7H,1H3,(H,16,17)(H,19,21)/b15-7+. The van der Waals surface area contributed by atoms with Crippen LogP contribution in [0.15, 0.2) is 35.4 Å². The van der Waals surface area contributed by atoms with Crippen LogP contribution in [0.1, 0.15) is 11.3 Å². The van der Waals surface area contributed by atoms with Crippen LogP contribution in [0.5, 0.6) is 0 Å². The highest BCUT2D eigenvalue weighted by molar-refractivity contribution is 7.71. The molecule has 21 heavy (non-hydrogen) atoms. The van der Waals surface area contributed by atoms with Crippen LogP contribution in [0, 0.1) is 11.7 Å². The van der Waals surface area contributed by atoms with E-state index in [4.69, 9.17) is 23.8 Å². The first-order valence-electron chi connectivity index (χ1n) is 6.14. The second-order valence-electron chi connectivity index (χ2n) is 4.37. The fourth-order valence-electron chi connectivity index (χ4n) is 1.80. The maximum absolute atomic E-state index is 6.10. The second-order valence-corrected chi connectivity index (χ2v) is 5.16. The predicted octanol–water partition coefficient (Wildman–Crippen LogP) is 3.17. The van der Waals surface area contributed by atoms with E-state index in [0.29, 0.717) is 21.3 Å². The monoisotopic (exact) mass is 318 g/mol. The predicted molar refractivity (Wildman–Crippen MR) is 84.2 cm³/mol. The Morgan fingerprint density at radius 3 is 2.81 bits per heavy atom. The van der Waals surface area contributed by atoms with Gasteiger partial charge in [0.25, 0.3) is 0 Å². The molecule has 2 N–H and O–H groups in total. The lowest BCUT2D eigenvalue weighted by molar-refractivity contribution is 0.865.